The lowest BCUT2D eigenvalue weighted by Crippen LogP contribution is -2.47. The van der Waals surface area contributed by atoms with Crippen molar-refractivity contribution in [1.29, 1.82) is 0 Å². The van der Waals surface area contributed by atoms with Gasteiger partial charge in [-0.1, -0.05) is 29.8 Å². The Morgan fingerprint density at radius 1 is 1.05 bits per heavy atom. The van der Waals surface area contributed by atoms with Crippen LogP contribution in [0.15, 0.2) is 53.4 Å². The molecule has 1 saturated heterocycles. The van der Waals surface area contributed by atoms with Crippen LogP contribution in [0.4, 0.5) is 4.79 Å². The zero-order valence-electron chi connectivity index (χ0n) is 20.9. The predicted molar refractivity (Wildman–Crippen MR) is 137 cm³/mol. The molecule has 1 aliphatic rings. The van der Waals surface area contributed by atoms with Crippen molar-refractivity contribution in [2.45, 2.75) is 24.3 Å². The van der Waals surface area contributed by atoms with E-state index in [9.17, 15) is 36.3 Å². The molecule has 2 aromatic carbocycles. The van der Waals surface area contributed by atoms with Crippen molar-refractivity contribution < 1.29 is 41.1 Å². The van der Waals surface area contributed by atoms with Gasteiger partial charge in [-0.15, -0.1) is 0 Å². The third kappa shape index (κ3) is 7.76. The van der Waals surface area contributed by atoms with Crippen LogP contribution in [0.25, 0.3) is 0 Å². The van der Waals surface area contributed by atoms with Crippen molar-refractivity contribution in [3.63, 3.8) is 0 Å². The minimum Gasteiger partial charge on any atom is -0.480 e. The number of sulfonamides is 1. The van der Waals surface area contributed by atoms with Crippen molar-refractivity contribution in [3.8, 4) is 5.75 Å². The summed E-state index contributed by atoms with van der Waals surface area (Å²) in [5.74, 6) is -2.16. The Morgan fingerprint density at radius 2 is 1.63 bits per heavy atom. The Balaban J connectivity index is 1.56. The first kappa shape index (κ1) is 29.1. The fourth-order valence-electron chi connectivity index (χ4n) is 3.61. The third-order valence-electron chi connectivity index (χ3n) is 5.90. The summed E-state index contributed by atoms with van der Waals surface area (Å²) in [5.41, 5.74) is 1.39. The van der Waals surface area contributed by atoms with Crippen LogP contribution in [0.1, 0.15) is 11.1 Å². The van der Waals surface area contributed by atoms with Crippen molar-refractivity contribution in [3.05, 3.63) is 59.7 Å². The largest absolute Gasteiger partial charge is 0.480 e. The van der Waals surface area contributed by atoms with E-state index in [4.69, 9.17) is 4.74 Å². The summed E-state index contributed by atoms with van der Waals surface area (Å²) in [5, 5.41) is 11.9. The molecule has 3 rings (SSSR count). The molecule has 2 amide bonds. The van der Waals surface area contributed by atoms with E-state index in [1.54, 1.807) is 12.1 Å². The van der Waals surface area contributed by atoms with Crippen LogP contribution in [0, 0.1) is 6.92 Å². The van der Waals surface area contributed by atoms with Crippen LogP contribution in [0.2, 0.25) is 0 Å². The number of hydrogen-bond donors (Lipinski definition) is 2. The number of nitrogens with one attached hydrogen (secondary N) is 1. The number of ether oxygens (including phenoxy) is 1. The van der Waals surface area contributed by atoms with Gasteiger partial charge in [0.25, 0.3) is 0 Å². The summed E-state index contributed by atoms with van der Waals surface area (Å²) in [6, 6.07) is 10.8. The molecule has 1 heterocycles. The Labute approximate surface area is 221 Å². The van der Waals surface area contributed by atoms with Gasteiger partial charge in [-0.05, 0) is 36.8 Å². The second-order valence-corrected chi connectivity index (χ2v) is 13.2. The van der Waals surface area contributed by atoms with E-state index in [0.29, 0.717) is 5.56 Å². The van der Waals surface area contributed by atoms with Gasteiger partial charge in [0.15, 0.2) is 9.84 Å². The average molecular weight is 568 g/mol. The number of amides is 2. The fourth-order valence-corrected chi connectivity index (χ4v) is 5.94. The van der Waals surface area contributed by atoms with Crippen LogP contribution >= 0.6 is 0 Å². The zero-order valence-corrected chi connectivity index (χ0v) is 22.5. The van der Waals surface area contributed by atoms with Gasteiger partial charge in [-0.2, -0.15) is 4.31 Å². The minimum atomic E-state index is -3.94. The van der Waals surface area contributed by atoms with Gasteiger partial charge in [-0.25, -0.2) is 26.4 Å². The van der Waals surface area contributed by atoms with Crippen LogP contribution in [0.3, 0.4) is 0 Å². The molecule has 206 valence electrons. The van der Waals surface area contributed by atoms with Crippen LogP contribution in [-0.2, 0) is 35.9 Å². The molecule has 12 nitrogen and oxygen atoms in total. The number of hydrogen-bond acceptors (Lipinski definition) is 8. The Morgan fingerprint density at radius 3 is 2.18 bits per heavy atom. The molecule has 1 aliphatic heterocycles. The molecule has 0 unspecified atom stereocenters. The van der Waals surface area contributed by atoms with Crippen molar-refractivity contribution >= 4 is 37.8 Å². The summed E-state index contributed by atoms with van der Waals surface area (Å²) in [6.07, 6.45) is -0.790. The van der Waals surface area contributed by atoms with Gasteiger partial charge in [0.2, 0.25) is 15.9 Å². The first-order chi connectivity index (χ1) is 17.8. The summed E-state index contributed by atoms with van der Waals surface area (Å²) < 4.78 is 54.5. The van der Waals surface area contributed by atoms with E-state index >= 15 is 0 Å². The summed E-state index contributed by atoms with van der Waals surface area (Å²) >= 11 is 0. The molecule has 2 N–H and O–H groups in total. The summed E-state index contributed by atoms with van der Waals surface area (Å²) in [4.78, 5) is 37.8. The quantitative estimate of drug-likeness (QED) is 0.442. The van der Waals surface area contributed by atoms with Crippen LogP contribution in [0.5, 0.6) is 5.75 Å². The topological polar surface area (TPSA) is 167 Å². The highest BCUT2D eigenvalue weighted by Crippen LogP contribution is 2.17. The number of benzene rings is 2. The highest BCUT2D eigenvalue weighted by atomic mass is 32.2. The fraction of sp³-hybridized carbons (Fsp3) is 0.375. The van der Waals surface area contributed by atoms with E-state index in [-0.39, 0.29) is 41.7 Å². The molecular weight excluding hydrogens is 538 g/mol. The smallest absolute Gasteiger partial charge is 0.415 e. The minimum absolute atomic E-state index is 0.0132. The Hall–Kier alpha value is -3.49. The van der Waals surface area contributed by atoms with Crippen molar-refractivity contribution in [2.75, 3.05) is 38.2 Å². The molecule has 2 aromatic rings. The average Bonchev–Trinajstić information content (AvgIpc) is 2.84. The molecule has 0 radical (unpaired) electrons. The lowest BCUT2D eigenvalue weighted by Gasteiger charge is -2.25. The molecule has 1 fully saturated rings. The molecule has 38 heavy (non-hydrogen) atoms. The second kappa shape index (κ2) is 11.9. The lowest BCUT2D eigenvalue weighted by atomic mass is 10.1. The Kier molecular flexibility index (Phi) is 9.12. The maximum absolute atomic E-state index is 12.7. The van der Waals surface area contributed by atoms with Gasteiger partial charge in [-0.3, -0.25) is 4.79 Å². The number of carbonyl (C=O) groups excluding carboxylic acids is 2. The molecule has 0 spiro atoms. The lowest BCUT2D eigenvalue weighted by molar-refractivity contribution is -0.141. The number of carboxylic acid groups (broad SMARTS) is 1. The number of rotatable bonds is 9. The maximum atomic E-state index is 12.7. The van der Waals surface area contributed by atoms with Gasteiger partial charge >= 0.3 is 12.1 Å². The van der Waals surface area contributed by atoms with Crippen LogP contribution in [-0.4, -0.2) is 93.3 Å². The molecule has 1 atom stereocenters. The molecule has 0 saturated carbocycles. The zero-order chi connectivity index (χ0) is 28.1. The number of likely N-dealkylation sites (N-methyl/N-ethyl adjacent to an activating group) is 1. The van der Waals surface area contributed by atoms with E-state index in [1.807, 2.05) is 6.92 Å². The van der Waals surface area contributed by atoms with Gasteiger partial charge < -0.3 is 20.1 Å². The Bertz CT molecular complexity index is 1380. The van der Waals surface area contributed by atoms with E-state index < -0.39 is 50.4 Å². The predicted octanol–water partition coefficient (Wildman–Crippen LogP) is 0.657. The van der Waals surface area contributed by atoms with E-state index in [0.717, 1.165) is 9.87 Å². The molecule has 14 heteroatoms. The number of sulfone groups is 1. The van der Waals surface area contributed by atoms with Gasteiger partial charge in [0, 0.05) is 26.6 Å². The summed E-state index contributed by atoms with van der Waals surface area (Å²) in [6.45, 7) is 1.32. The molecule has 0 bridgehead atoms. The van der Waals surface area contributed by atoms with Gasteiger partial charge in [0.05, 0.1) is 22.9 Å². The maximum Gasteiger partial charge on any atom is 0.415 e. The summed E-state index contributed by atoms with van der Waals surface area (Å²) in [7, 11) is -5.86. The highest BCUT2D eigenvalue weighted by Gasteiger charge is 2.27. The number of carbonyl (C=O) groups is 3. The third-order valence-corrected chi connectivity index (χ3v) is 9.33. The first-order valence-electron chi connectivity index (χ1n) is 11.6. The van der Waals surface area contributed by atoms with Gasteiger partial charge in [0.1, 0.15) is 11.8 Å². The van der Waals surface area contributed by atoms with Crippen LogP contribution < -0.4 is 10.1 Å². The standard InChI is InChI=1S/C24H29N3O9S2/c1-17-3-9-20(10-4-17)38(34,35)26(2)16-22(28)25-21(23(29)30)15-18-5-7-19(8-6-18)36-24(31)27-11-13-37(32,33)14-12-27/h3-10,21H,11-16H2,1-2H3,(H,25,28)(H,29,30)/t21-/m0/s1. The monoisotopic (exact) mass is 567 g/mol. The van der Waals surface area contributed by atoms with Crippen molar-refractivity contribution in [1.82, 2.24) is 14.5 Å². The molecule has 0 aromatic heterocycles. The number of nitrogens with zero attached hydrogens (tertiary/aromatic N) is 2. The number of aryl methyl sites for hydroxylation is 1. The number of carboxylic acids is 1. The first-order valence-corrected chi connectivity index (χ1v) is 14.8. The SMILES string of the molecule is Cc1ccc(S(=O)(=O)N(C)CC(=O)N[C@@H](Cc2ccc(OC(=O)N3CCS(=O)(=O)CC3)cc2)C(=O)O)cc1. The van der Waals surface area contributed by atoms with E-state index in [2.05, 4.69) is 5.32 Å². The van der Waals surface area contributed by atoms with Crippen molar-refractivity contribution in [2.24, 2.45) is 0 Å². The van der Waals surface area contributed by atoms with E-state index in [1.165, 1.54) is 48.3 Å². The number of aliphatic carboxylic acids is 1. The molecular formula is C24H29N3O9S2. The highest BCUT2D eigenvalue weighted by molar-refractivity contribution is 7.91. The normalized spacial score (nSPS) is 16.0. The molecule has 0 aliphatic carbocycles. The second-order valence-electron chi connectivity index (χ2n) is 8.89.